The van der Waals surface area contributed by atoms with Gasteiger partial charge in [-0.1, -0.05) is 55.9 Å². The zero-order valence-electron chi connectivity index (χ0n) is 17.0. The molecule has 0 aliphatic rings. The number of rotatable bonds is 8. The van der Waals surface area contributed by atoms with Gasteiger partial charge < -0.3 is 10.1 Å². The quantitative estimate of drug-likeness (QED) is 0.559. The molecule has 3 rings (SSSR count). The smallest absolute Gasteiger partial charge is 0.234 e. The standard InChI is InChI=1S/C21H25N5O2S/c1-5-28-18-12-7-6-11-17(18)26-21(23-24-25-26)29-13-19(27)22-20-15(4)9-8-10-16(20)14(2)3/h6-12,14H,5,13H2,1-4H3,(H,22,27). The van der Waals surface area contributed by atoms with Crippen molar-refractivity contribution in [1.82, 2.24) is 20.2 Å². The number of amides is 1. The first kappa shape index (κ1) is 20.9. The molecule has 0 spiro atoms. The van der Waals surface area contributed by atoms with E-state index in [1.165, 1.54) is 11.8 Å². The molecule has 152 valence electrons. The van der Waals surface area contributed by atoms with E-state index in [-0.39, 0.29) is 11.7 Å². The van der Waals surface area contributed by atoms with E-state index < -0.39 is 0 Å². The van der Waals surface area contributed by atoms with Crippen molar-refractivity contribution >= 4 is 23.4 Å². The zero-order valence-corrected chi connectivity index (χ0v) is 17.9. The molecule has 3 aromatic rings. The predicted molar refractivity (Wildman–Crippen MR) is 115 cm³/mol. The van der Waals surface area contributed by atoms with Crippen LogP contribution in [-0.4, -0.2) is 38.5 Å². The van der Waals surface area contributed by atoms with Crippen molar-refractivity contribution in [1.29, 1.82) is 0 Å². The Morgan fingerprint density at radius 1 is 1.21 bits per heavy atom. The van der Waals surface area contributed by atoms with E-state index in [4.69, 9.17) is 4.74 Å². The van der Waals surface area contributed by atoms with Crippen LogP contribution < -0.4 is 10.1 Å². The van der Waals surface area contributed by atoms with Crippen LogP contribution in [0.5, 0.6) is 5.75 Å². The number of nitrogens with one attached hydrogen (secondary N) is 1. The van der Waals surface area contributed by atoms with E-state index >= 15 is 0 Å². The van der Waals surface area contributed by atoms with Crippen LogP contribution in [0.4, 0.5) is 5.69 Å². The highest BCUT2D eigenvalue weighted by atomic mass is 32.2. The Bertz CT molecular complexity index is 987. The molecular weight excluding hydrogens is 386 g/mol. The summed E-state index contributed by atoms with van der Waals surface area (Å²) in [5.41, 5.74) is 3.79. The third kappa shape index (κ3) is 4.95. The highest BCUT2D eigenvalue weighted by Gasteiger charge is 2.16. The fourth-order valence-electron chi connectivity index (χ4n) is 2.98. The topological polar surface area (TPSA) is 81.9 Å². The van der Waals surface area contributed by atoms with Crippen LogP contribution in [0.2, 0.25) is 0 Å². The van der Waals surface area contributed by atoms with Crippen molar-refractivity contribution in [2.24, 2.45) is 0 Å². The molecule has 1 aromatic heterocycles. The fourth-order valence-corrected chi connectivity index (χ4v) is 3.66. The molecule has 0 aliphatic heterocycles. The van der Waals surface area contributed by atoms with Gasteiger partial charge in [0.15, 0.2) is 0 Å². The molecule has 1 amide bonds. The first-order valence-electron chi connectivity index (χ1n) is 9.54. The van der Waals surface area contributed by atoms with Crippen molar-refractivity contribution < 1.29 is 9.53 Å². The minimum atomic E-state index is -0.0983. The summed E-state index contributed by atoms with van der Waals surface area (Å²) in [6, 6.07) is 13.6. The Balaban J connectivity index is 1.73. The minimum absolute atomic E-state index is 0.0983. The van der Waals surface area contributed by atoms with Crippen LogP contribution in [0, 0.1) is 6.92 Å². The van der Waals surface area contributed by atoms with E-state index in [1.54, 1.807) is 4.68 Å². The lowest BCUT2D eigenvalue weighted by Gasteiger charge is -2.16. The van der Waals surface area contributed by atoms with Crippen LogP contribution in [0.3, 0.4) is 0 Å². The lowest BCUT2D eigenvalue weighted by Crippen LogP contribution is -2.17. The summed E-state index contributed by atoms with van der Waals surface area (Å²) in [6.45, 7) is 8.69. The Hall–Kier alpha value is -2.87. The number of hydrogen-bond donors (Lipinski definition) is 1. The number of tetrazole rings is 1. The number of aromatic nitrogens is 4. The van der Waals surface area contributed by atoms with Crippen molar-refractivity contribution in [2.45, 2.75) is 38.8 Å². The number of nitrogens with zero attached hydrogens (tertiary/aromatic N) is 4. The fraction of sp³-hybridized carbons (Fsp3) is 0.333. The maximum absolute atomic E-state index is 12.6. The van der Waals surface area contributed by atoms with Crippen LogP contribution in [-0.2, 0) is 4.79 Å². The van der Waals surface area contributed by atoms with Gasteiger partial charge in [-0.05, 0) is 53.5 Å². The van der Waals surface area contributed by atoms with Crippen molar-refractivity contribution in [3.63, 3.8) is 0 Å². The van der Waals surface area contributed by atoms with Gasteiger partial charge in [0, 0.05) is 5.69 Å². The third-order valence-electron chi connectivity index (χ3n) is 4.36. The average Bonchev–Trinajstić information content (AvgIpc) is 3.17. The lowest BCUT2D eigenvalue weighted by atomic mass is 9.98. The molecule has 0 atom stereocenters. The summed E-state index contributed by atoms with van der Waals surface area (Å²) in [6.07, 6.45) is 0. The highest BCUT2D eigenvalue weighted by molar-refractivity contribution is 7.99. The number of ether oxygens (including phenoxy) is 1. The van der Waals surface area contributed by atoms with Gasteiger partial charge >= 0.3 is 0 Å². The van der Waals surface area contributed by atoms with Crippen molar-refractivity contribution in [3.05, 3.63) is 53.6 Å². The molecule has 1 N–H and O–H groups in total. The largest absolute Gasteiger partial charge is 0.492 e. The number of benzene rings is 2. The van der Waals surface area contributed by atoms with Crippen LogP contribution in [0.1, 0.15) is 37.8 Å². The van der Waals surface area contributed by atoms with E-state index in [9.17, 15) is 4.79 Å². The highest BCUT2D eigenvalue weighted by Crippen LogP contribution is 2.29. The van der Waals surface area contributed by atoms with E-state index in [0.717, 1.165) is 22.5 Å². The molecule has 0 bridgehead atoms. The number of carbonyl (C=O) groups is 1. The first-order valence-corrected chi connectivity index (χ1v) is 10.5. The van der Waals surface area contributed by atoms with Crippen LogP contribution in [0.15, 0.2) is 47.6 Å². The Labute approximate surface area is 174 Å². The SMILES string of the molecule is CCOc1ccccc1-n1nnnc1SCC(=O)Nc1c(C)cccc1C(C)C. The van der Waals surface area contributed by atoms with Crippen molar-refractivity contribution in [3.8, 4) is 11.4 Å². The Morgan fingerprint density at radius 3 is 2.76 bits per heavy atom. The molecule has 0 radical (unpaired) electrons. The summed E-state index contributed by atoms with van der Waals surface area (Å²) in [4.78, 5) is 12.6. The maximum Gasteiger partial charge on any atom is 0.234 e. The second-order valence-corrected chi connectivity index (χ2v) is 7.75. The summed E-state index contributed by atoms with van der Waals surface area (Å²) in [5.74, 6) is 1.11. The molecule has 0 saturated carbocycles. The number of thioether (sulfide) groups is 1. The van der Waals surface area contributed by atoms with Crippen molar-refractivity contribution in [2.75, 3.05) is 17.7 Å². The molecule has 0 aliphatic carbocycles. The number of carbonyl (C=O) groups excluding carboxylic acids is 1. The Kier molecular flexibility index (Phi) is 6.87. The van der Waals surface area contributed by atoms with Gasteiger partial charge in [0.25, 0.3) is 0 Å². The van der Waals surface area contributed by atoms with E-state index in [0.29, 0.717) is 23.4 Å². The second-order valence-electron chi connectivity index (χ2n) is 6.80. The third-order valence-corrected chi connectivity index (χ3v) is 5.28. The minimum Gasteiger partial charge on any atom is -0.492 e. The molecule has 2 aromatic carbocycles. The molecule has 0 fully saturated rings. The predicted octanol–water partition coefficient (Wildman–Crippen LogP) is 4.22. The van der Waals surface area contributed by atoms with Gasteiger partial charge in [0.05, 0.1) is 12.4 Å². The van der Waals surface area contributed by atoms with E-state index in [2.05, 4.69) is 34.7 Å². The molecule has 0 saturated heterocycles. The normalized spacial score (nSPS) is 10.9. The van der Waals surface area contributed by atoms with Gasteiger partial charge in [-0.25, -0.2) is 0 Å². The van der Waals surface area contributed by atoms with Gasteiger partial charge in [0.1, 0.15) is 11.4 Å². The van der Waals surface area contributed by atoms with Gasteiger partial charge in [0.2, 0.25) is 11.1 Å². The molecular formula is C21H25N5O2S. The van der Waals surface area contributed by atoms with E-state index in [1.807, 2.05) is 56.3 Å². The number of anilines is 1. The van der Waals surface area contributed by atoms with Gasteiger partial charge in [-0.2, -0.15) is 4.68 Å². The maximum atomic E-state index is 12.6. The van der Waals surface area contributed by atoms with Crippen LogP contribution >= 0.6 is 11.8 Å². The lowest BCUT2D eigenvalue weighted by molar-refractivity contribution is -0.113. The Morgan fingerprint density at radius 2 is 2.00 bits per heavy atom. The van der Waals surface area contributed by atoms with Crippen LogP contribution in [0.25, 0.3) is 5.69 Å². The first-order chi connectivity index (χ1) is 14.0. The molecule has 1 heterocycles. The summed E-state index contributed by atoms with van der Waals surface area (Å²) < 4.78 is 7.26. The monoisotopic (exact) mass is 411 g/mol. The average molecular weight is 412 g/mol. The van der Waals surface area contributed by atoms with Gasteiger partial charge in [-0.3, -0.25) is 4.79 Å². The second kappa shape index (κ2) is 9.56. The number of aryl methyl sites for hydroxylation is 1. The summed E-state index contributed by atoms with van der Waals surface area (Å²) in [5, 5.41) is 15.5. The molecule has 8 heteroatoms. The summed E-state index contributed by atoms with van der Waals surface area (Å²) in [7, 11) is 0. The molecule has 7 nitrogen and oxygen atoms in total. The molecule has 29 heavy (non-hydrogen) atoms. The number of para-hydroxylation sites is 3. The summed E-state index contributed by atoms with van der Waals surface area (Å²) >= 11 is 1.28. The zero-order chi connectivity index (χ0) is 20.8. The molecule has 0 unspecified atom stereocenters. The van der Waals surface area contributed by atoms with Gasteiger partial charge in [-0.15, -0.1) is 5.10 Å². The number of hydrogen-bond acceptors (Lipinski definition) is 6.